The molecular weight excluding hydrogens is 317 g/mol. The Morgan fingerprint density at radius 3 is 2.58 bits per heavy atom. The van der Waals surface area contributed by atoms with Crippen LogP contribution in [0.4, 0.5) is 21.7 Å². The van der Waals surface area contributed by atoms with Gasteiger partial charge >= 0.3 is 5.69 Å². The third kappa shape index (κ3) is 3.05. The number of para-hydroxylation sites is 1. The minimum atomic E-state index is -0.823. The molecule has 1 saturated heterocycles. The Balaban J connectivity index is 1.76. The van der Waals surface area contributed by atoms with Crippen molar-refractivity contribution in [2.45, 2.75) is 0 Å². The molecule has 3 rings (SSSR count). The maximum absolute atomic E-state index is 13.8. The largest absolute Gasteiger partial charge is 0.481 e. The molecule has 0 N–H and O–H groups in total. The van der Waals surface area contributed by atoms with Crippen LogP contribution in [0.25, 0.3) is 0 Å². The van der Waals surface area contributed by atoms with E-state index in [1.807, 2.05) is 4.90 Å². The lowest BCUT2D eigenvalue weighted by Gasteiger charge is -2.35. The summed E-state index contributed by atoms with van der Waals surface area (Å²) in [6, 6.07) is 5.81. The van der Waals surface area contributed by atoms with Crippen LogP contribution in [-0.2, 0) is 0 Å². The molecule has 1 fully saturated rings. The Kier molecular flexibility index (Phi) is 4.41. The summed E-state index contributed by atoms with van der Waals surface area (Å²) in [5.74, 6) is 0.196. The Labute approximate surface area is 137 Å². The molecule has 1 aliphatic heterocycles. The Hall–Kier alpha value is -2.97. The number of nitrogens with zero attached hydrogens (tertiary/aromatic N) is 5. The molecule has 2 heterocycles. The first-order chi connectivity index (χ1) is 11.6. The summed E-state index contributed by atoms with van der Waals surface area (Å²) < 4.78 is 18.9. The van der Waals surface area contributed by atoms with Crippen molar-refractivity contribution >= 4 is 17.3 Å². The first kappa shape index (κ1) is 15.9. The van der Waals surface area contributed by atoms with Crippen LogP contribution in [0.3, 0.4) is 0 Å². The lowest BCUT2D eigenvalue weighted by molar-refractivity contribution is -0.386. The molecule has 0 aliphatic carbocycles. The van der Waals surface area contributed by atoms with Gasteiger partial charge in [-0.15, -0.1) is 0 Å². The highest BCUT2D eigenvalue weighted by molar-refractivity contribution is 5.64. The van der Waals surface area contributed by atoms with E-state index in [9.17, 15) is 14.5 Å². The Morgan fingerprint density at radius 1 is 1.21 bits per heavy atom. The number of hydrogen-bond donors (Lipinski definition) is 0. The number of methoxy groups -OCH3 is 1. The summed E-state index contributed by atoms with van der Waals surface area (Å²) in [6.45, 7) is 2.15. The lowest BCUT2D eigenvalue weighted by Crippen LogP contribution is -2.47. The van der Waals surface area contributed by atoms with Gasteiger partial charge in [0.05, 0.1) is 12.0 Å². The maximum atomic E-state index is 13.8. The van der Waals surface area contributed by atoms with Gasteiger partial charge in [0, 0.05) is 38.4 Å². The van der Waals surface area contributed by atoms with E-state index < -0.39 is 16.4 Å². The summed E-state index contributed by atoms with van der Waals surface area (Å²) in [7, 11) is 1.53. The summed E-state index contributed by atoms with van der Waals surface area (Å²) in [4.78, 5) is 22.7. The van der Waals surface area contributed by atoms with Gasteiger partial charge in [-0.3, -0.25) is 10.1 Å². The fourth-order valence-corrected chi connectivity index (χ4v) is 2.69. The number of piperazine rings is 1. The SMILES string of the molecule is COc1ccnc(N2CCN(c3cccc(F)c3[N+](=O)[O-])CC2)n1. The standard InChI is InChI=1S/C15H16FN5O3/c1-24-13-5-6-17-15(18-13)20-9-7-19(8-10-20)12-4-2-3-11(16)14(12)21(22)23/h2-6H,7-10H2,1H3. The Morgan fingerprint density at radius 2 is 1.92 bits per heavy atom. The monoisotopic (exact) mass is 333 g/mol. The third-order valence-corrected chi connectivity index (χ3v) is 3.88. The number of nitro benzene ring substituents is 1. The van der Waals surface area contributed by atoms with Crippen LogP contribution in [0.1, 0.15) is 0 Å². The first-order valence-electron chi connectivity index (χ1n) is 7.40. The van der Waals surface area contributed by atoms with Gasteiger partial charge in [0.15, 0.2) is 0 Å². The van der Waals surface area contributed by atoms with Crippen molar-refractivity contribution in [2.24, 2.45) is 0 Å². The molecule has 126 valence electrons. The van der Waals surface area contributed by atoms with E-state index >= 15 is 0 Å². The molecule has 0 spiro atoms. The molecule has 0 atom stereocenters. The van der Waals surface area contributed by atoms with Gasteiger partial charge in [-0.1, -0.05) is 6.07 Å². The summed E-state index contributed by atoms with van der Waals surface area (Å²) >= 11 is 0. The number of anilines is 2. The average Bonchev–Trinajstić information content (AvgIpc) is 2.61. The van der Waals surface area contributed by atoms with Gasteiger partial charge in [-0.25, -0.2) is 4.98 Å². The molecule has 24 heavy (non-hydrogen) atoms. The number of halogens is 1. The molecule has 0 amide bonds. The van der Waals surface area contributed by atoms with Gasteiger partial charge < -0.3 is 14.5 Å². The van der Waals surface area contributed by atoms with E-state index in [4.69, 9.17) is 4.74 Å². The number of rotatable bonds is 4. The van der Waals surface area contributed by atoms with E-state index in [1.54, 1.807) is 23.2 Å². The van der Waals surface area contributed by atoms with Crippen LogP contribution in [0, 0.1) is 15.9 Å². The normalized spacial score (nSPS) is 14.6. The second-order valence-electron chi connectivity index (χ2n) is 5.24. The lowest BCUT2D eigenvalue weighted by atomic mass is 10.2. The molecule has 0 unspecified atom stereocenters. The highest BCUT2D eigenvalue weighted by Crippen LogP contribution is 2.31. The quantitative estimate of drug-likeness (QED) is 0.623. The third-order valence-electron chi connectivity index (χ3n) is 3.88. The van der Waals surface area contributed by atoms with Crippen LogP contribution in [0.2, 0.25) is 0 Å². The van der Waals surface area contributed by atoms with Crippen molar-refractivity contribution in [3.8, 4) is 5.88 Å². The second kappa shape index (κ2) is 6.65. The molecule has 1 aromatic heterocycles. The van der Waals surface area contributed by atoms with E-state index in [1.165, 1.54) is 13.2 Å². The molecule has 0 bridgehead atoms. The van der Waals surface area contributed by atoms with Crippen molar-refractivity contribution in [1.29, 1.82) is 0 Å². The van der Waals surface area contributed by atoms with Crippen LogP contribution in [0.5, 0.6) is 5.88 Å². The van der Waals surface area contributed by atoms with Crippen LogP contribution in [-0.4, -0.2) is 48.2 Å². The van der Waals surface area contributed by atoms with Crippen molar-refractivity contribution < 1.29 is 14.1 Å². The number of hydrogen-bond acceptors (Lipinski definition) is 7. The van der Waals surface area contributed by atoms with Gasteiger partial charge in [0.25, 0.3) is 0 Å². The fourth-order valence-electron chi connectivity index (χ4n) is 2.69. The van der Waals surface area contributed by atoms with Crippen LogP contribution < -0.4 is 14.5 Å². The zero-order valence-corrected chi connectivity index (χ0v) is 13.1. The summed E-state index contributed by atoms with van der Waals surface area (Å²) in [5, 5.41) is 11.1. The fraction of sp³-hybridized carbons (Fsp3) is 0.333. The van der Waals surface area contributed by atoms with Crippen molar-refractivity contribution in [3.63, 3.8) is 0 Å². The van der Waals surface area contributed by atoms with E-state index in [0.29, 0.717) is 43.7 Å². The van der Waals surface area contributed by atoms with Crippen molar-refractivity contribution in [1.82, 2.24) is 9.97 Å². The number of nitro groups is 1. The van der Waals surface area contributed by atoms with Crippen LogP contribution >= 0.6 is 0 Å². The summed E-state index contributed by atoms with van der Waals surface area (Å²) in [5.41, 5.74) is -0.185. The molecule has 0 saturated carbocycles. The highest BCUT2D eigenvalue weighted by Gasteiger charge is 2.27. The highest BCUT2D eigenvalue weighted by atomic mass is 19.1. The average molecular weight is 333 g/mol. The van der Waals surface area contributed by atoms with Gasteiger partial charge in [0.1, 0.15) is 5.69 Å². The minimum absolute atomic E-state index is 0.297. The van der Waals surface area contributed by atoms with Crippen molar-refractivity contribution in [2.75, 3.05) is 43.1 Å². The summed E-state index contributed by atoms with van der Waals surface area (Å²) in [6.07, 6.45) is 1.62. The maximum Gasteiger partial charge on any atom is 0.327 e. The number of ether oxygens (including phenoxy) is 1. The number of benzene rings is 1. The zero-order valence-electron chi connectivity index (χ0n) is 13.1. The topological polar surface area (TPSA) is 84.6 Å². The molecule has 1 aromatic carbocycles. The Bertz CT molecular complexity index is 750. The predicted molar refractivity (Wildman–Crippen MR) is 86.1 cm³/mol. The molecule has 2 aromatic rings. The molecule has 8 nitrogen and oxygen atoms in total. The molecule has 0 radical (unpaired) electrons. The van der Waals surface area contributed by atoms with E-state index in [2.05, 4.69) is 9.97 Å². The smallest absolute Gasteiger partial charge is 0.327 e. The van der Waals surface area contributed by atoms with Gasteiger partial charge in [0.2, 0.25) is 17.6 Å². The molecule has 1 aliphatic rings. The molecular formula is C15H16FN5O3. The van der Waals surface area contributed by atoms with Gasteiger partial charge in [-0.05, 0) is 12.1 Å². The first-order valence-corrected chi connectivity index (χ1v) is 7.40. The van der Waals surface area contributed by atoms with Crippen molar-refractivity contribution in [3.05, 3.63) is 46.4 Å². The molecule has 9 heteroatoms. The minimum Gasteiger partial charge on any atom is -0.481 e. The van der Waals surface area contributed by atoms with E-state index in [0.717, 1.165) is 6.07 Å². The zero-order chi connectivity index (χ0) is 17.1. The number of aromatic nitrogens is 2. The van der Waals surface area contributed by atoms with Crippen LogP contribution in [0.15, 0.2) is 30.5 Å². The second-order valence-corrected chi connectivity index (χ2v) is 5.24. The van der Waals surface area contributed by atoms with Gasteiger partial charge in [-0.2, -0.15) is 9.37 Å². The predicted octanol–water partition coefficient (Wildman–Crippen LogP) is 1.86. The van der Waals surface area contributed by atoms with E-state index in [-0.39, 0.29) is 0 Å².